The van der Waals surface area contributed by atoms with Gasteiger partial charge in [0.1, 0.15) is 5.60 Å². The Bertz CT molecular complexity index is 270. The quantitative estimate of drug-likeness (QED) is 0.436. The molecule has 1 rings (SSSR count). The predicted octanol–water partition coefficient (Wildman–Crippen LogP) is 3.04. The maximum Gasteiger partial charge on any atom is 0.243 e. The highest BCUT2D eigenvalue weighted by Crippen LogP contribution is 2.21. The summed E-state index contributed by atoms with van der Waals surface area (Å²) in [5.74, 6) is -0.0924. The Morgan fingerprint density at radius 2 is 1.94 bits per heavy atom. The molecule has 0 radical (unpaired) electrons. The molecule has 1 amide bonds. The first-order valence-corrected chi connectivity index (χ1v) is 6.98. The number of amides is 1. The summed E-state index contributed by atoms with van der Waals surface area (Å²) in [5.41, 5.74) is -0.732. The molecular formula is C14H25NO3. The van der Waals surface area contributed by atoms with Crippen LogP contribution in [0, 0.1) is 0 Å². The lowest BCUT2D eigenvalue weighted by atomic mass is 9.95. The Hall–Kier alpha value is -0.870. The van der Waals surface area contributed by atoms with Crippen LogP contribution >= 0.6 is 0 Å². The average Bonchev–Trinajstić information content (AvgIpc) is 2.42. The molecule has 4 nitrogen and oxygen atoms in total. The third-order valence-corrected chi connectivity index (χ3v) is 3.87. The topological polar surface area (TPSA) is 58.6 Å². The van der Waals surface area contributed by atoms with E-state index < -0.39 is 5.60 Å². The minimum absolute atomic E-state index is 0.0924. The highest BCUT2D eigenvalue weighted by molar-refractivity contribution is 5.87. The lowest BCUT2D eigenvalue weighted by Gasteiger charge is -2.24. The number of carbonyl (C=O) groups is 1. The van der Waals surface area contributed by atoms with Gasteiger partial charge in [0.15, 0.2) is 0 Å². The van der Waals surface area contributed by atoms with Crippen LogP contribution in [-0.4, -0.2) is 22.8 Å². The third kappa shape index (κ3) is 4.42. The standard InChI is InChI=1S/C14H25NO3/c1-3-14(4-2,18-17)11-10-13(16)15-12-8-6-5-7-9-12/h10-12,17H,3-9H2,1-2H3,(H,15,16)/b11-10+. The van der Waals surface area contributed by atoms with Gasteiger partial charge in [-0.1, -0.05) is 33.1 Å². The van der Waals surface area contributed by atoms with E-state index in [4.69, 9.17) is 5.26 Å². The van der Waals surface area contributed by atoms with Crippen LogP contribution in [0.15, 0.2) is 12.2 Å². The van der Waals surface area contributed by atoms with E-state index in [2.05, 4.69) is 10.2 Å². The lowest BCUT2D eigenvalue weighted by molar-refractivity contribution is -0.309. The van der Waals surface area contributed by atoms with Crippen molar-refractivity contribution in [3.05, 3.63) is 12.2 Å². The second-order valence-electron chi connectivity index (χ2n) is 5.04. The minimum atomic E-state index is -0.732. The Morgan fingerprint density at radius 1 is 1.33 bits per heavy atom. The van der Waals surface area contributed by atoms with Crippen LogP contribution in [0.1, 0.15) is 58.8 Å². The van der Waals surface area contributed by atoms with Crippen molar-refractivity contribution in [2.45, 2.75) is 70.4 Å². The second kappa shape index (κ2) is 7.54. The Kier molecular flexibility index (Phi) is 6.36. The highest BCUT2D eigenvalue weighted by Gasteiger charge is 2.24. The van der Waals surface area contributed by atoms with Gasteiger partial charge in [-0.3, -0.25) is 10.1 Å². The molecule has 0 aliphatic heterocycles. The lowest BCUT2D eigenvalue weighted by Crippen LogP contribution is -2.35. The van der Waals surface area contributed by atoms with Crippen LogP contribution in [0.5, 0.6) is 0 Å². The Labute approximate surface area is 109 Å². The van der Waals surface area contributed by atoms with Gasteiger partial charge < -0.3 is 5.32 Å². The molecule has 0 saturated heterocycles. The molecule has 1 aliphatic rings. The fourth-order valence-corrected chi connectivity index (χ4v) is 2.37. The van der Waals surface area contributed by atoms with E-state index in [1.54, 1.807) is 6.08 Å². The van der Waals surface area contributed by atoms with E-state index in [9.17, 15) is 4.79 Å². The number of carbonyl (C=O) groups excluding carboxylic acids is 1. The van der Waals surface area contributed by atoms with Crippen LogP contribution in [0.4, 0.5) is 0 Å². The van der Waals surface area contributed by atoms with Gasteiger partial charge in [0, 0.05) is 12.1 Å². The normalized spacial score (nSPS) is 18.2. The first kappa shape index (κ1) is 15.2. The van der Waals surface area contributed by atoms with Crippen molar-refractivity contribution in [2.75, 3.05) is 0 Å². The zero-order valence-electron chi connectivity index (χ0n) is 11.4. The molecule has 0 aromatic heterocycles. The molecule has 4 heteroatoms. The smallest absolute Gasteiger partial charge is 0.243 e. The first-order chi connectivity index (χ1) is 8.65. The Morgan fingerprint density at radius 3 is 2.44 bits per heavy atom. The van der Waals surface area contributed by atoms with Gasteiger partial charge in [-0.05, 0) is 31.8 Å². The molecule has 1 saturated carbocycles. The van der Waals surface area contributed by atoms with Crippen LogP contribution < -0.4 is 5.32 Å². The van der Waals surface area contributed by atoms with Crippen molar-refractivity contribution in [1.29, 1.82) is 0 Å². The average molecular weight is 255 g/mol. The van der Waals surface area contributed by atoms with E-state index in [0.29, 0.717) is 18.9 Å². The first-order valence-electron chi connectivity index (χ1n) is 6.98. The summed E-state index contributed by atoms with van der Waals surface area (Å²) in [5, 5.41) is 11.9. The van der Waals surface area contributed by atoms with Crippen LogP contribution in [-0.2, 0) is 9.68 Å². The van der Waals surface area contributed by atoms with Crippen molar-refractivity contribution in [3.8, 4) is 0 Å². The summed E-state index contributed by atoms with van der Waals surface area (Å²) in [6, 6.07) is 0.309. The van der Waals surface area contributed by atoms with E-state index in [0.717, 1.165) is 12.8 Å². The summed E-state index contributed by atoms with van der Waals surface area (Å²) in [6.45, 7) is 3.84. The molecule has 18 heavy (non-hydrogen) atoms. The summed E-state index contributed by atoms with van der Waals surface area (Å²) < 4.78 is 0. The summed E-state index contributed by atoms with van der Waals surface area (Å²) >= 11 is 0. The molecule has 0 aromatic carbocycles. The molecular weight excluding hydrogens is 230 g/mol. The molecule has 0 atom stereocenters. The maximum absolute atomic E-state index is 11.8. The zero-order valence-corrected chi connectivity index (χ0v) is 11.4. The van der Waals surface area contributed by atoms with Crippen LogP contribution in [0.3, 0.4) is 0 Å². The molecule has 0 bridgehead atoms. The van der Waals surface area contributed by atoms with Crippen LogP contribution in [0.2, 0.25) is 0 Å². The number of hydrogen-bond acceptors (Lipinski definition) is 3. The summed E-state index contributed by atoms with van der Waals surface area (Å²) in [6.07, 6.45) is 10.2. The largest absolute Gasteiger partial charge is 0.350 e. The molecule has 104 valence electrons. The van der Waals surface area contributed by atoms with Crippen molar-refractivity contribution < 1.29 is 14.9 Å². The van der Waals surface area contributed by atoms with Gasteiger partial charge >= 0.3 is 0 Å². The van der Waals surface area contributed by atoms with E-state index in [1.807, 2.05) is 13.8 Å². The van der Waals surface area contributed by atoms with Crippen molar-refractivity contribution in [2.24, 2.45) is 0 Å². The van der Waals surface area contributed by atoms with E-state index in [-0.39, 0.29) is 5.91 Å². The SMILES string of the molecule is CCC(/C=C/C(=O)NC1CCCCC1)(CC)OO. The van der Waals surface area contributed by atoms with Crippen LogP contribution in [0.25, 0.3) is 0 Å². The second-order valence-corrected chi connectivity index (χ2v) is 5.04. The fourth-order valence-electron chi connectivity index (χ4n) is 2.37. The van der Waals surface area contributed by atoms with Gasteiger partial charge in [0.25, 0.3) is 0 Å². The molecule has 1 aliphatic carbocycles. The van der Waals surface area contributed by atoms with Gasteiger partial charge in [-0.15, -0.1) is 0 Å². The maximum atomic E-state index is 11.8. The van der Waals surface area contributed by atoms with E-state index in [1.165, 1.54) is 25.3 Å². The van der Waals surface area contributed by atoms with Crippen molar-refractivity contribution in [3.63, 3.8) is 0 Å². The number of hydrogen-bond donors (Lipinski definition) is 2. The monoisotopic (exact) mass is 255 g/mol. The summed E-state index contributed by atoms with van der Waals surface area (Å²) in [4.78, 5) is 16.3. The van der Waals surface area contributed by atoms with Crippen molar-refractivity contribution in [1.82, 2.24) is 5.32 Å². The van der Waals surface area contributed by atoms with Gasteiger partial charge in [0.2, 0.25) is 5.91 Å². The number of nitrogens with one attached hydrogen (secondary N) is 1. The van der Waals surface area contributed by atoms with Gasteiger partial charge in [-0.2, -0.15) is 0 Å². The predicted molar refractivity (Wildman–Crippen MR) is 71.2 cm³/mol. The van der Waals surface area contributed by atoms with E-state index >= 15 is 0 Å². The minimum Gasteiger partial charge on any atom is -0.350 e. The zero-order chi connectivity index (χ0) is 13.4. The third-order valence-electron chi connectivity index (χ3n) is 3.87. The molecule has 0 unspecified atom stereocenters. The molecule has 0 heterocycles. The number of rotatable bonds is 6. The van der Waals surface area contributed by atoms with Gasteiger partial charge in [-0.25, -0.2) is 4.89 Å². The fraction of sp³-hybridized carbons (Fsp3) is 0.786. The highest BCUT2D eigenvalue weighted by atomic mass is 17.1. The summed E-state index contributed by atoms with van der Waals surface area (Å²) in [7, 11) is 0. The van der Waals surface area contributed by atoms with Crippen molar-refractivity contribution >= 4 is 5.91 Å². The van der Waals surface area contributed by atoms with Gasteiger partial charge in [0.05, 0.1) is 0 Å². The molecule has 1 fully saturated rings. The molecule has 2 N–H and O–H groups in total. The molecule has 0 aromatic rings. The Balaban J connectivity index is 2.46. The molecule has 0 spiro atoms.